The summed E-state index contributed by atoms with van der Waals surface area (Å²) in [5, 5.41) is 18.6. The highest BCUT2D eigenvalue weighted by Gasteiger charge is 2.29. The van der Waals surface area contributed by atoms with E-state index in [-0.39, 0.29) is 11.9 Å². The number of carbonyl (C=O) groups is 1. The molecule has 130 valence electrons. The van der Waals surface area contributed by atoms with Crippen LogP contribution in [-0.2, 0) is 11.3 Å². The van der Waals surface area contributed by atoms with E-state index in [4.69, 9.17) is 17.5 Å². The summed E-state index contributed by atoms with van der Waals surface area (Å²) in [6, 6.07) is 18.6. The number of nitriles is 1. The fraction of sp³-hybridized carbons (Fsp3) is 0.150. The van der Waals surface area contributed by atoms with Gasteiger partial charge < -0.3 is 16.0 Å². The maximum atomic E-state index is 12.9. The van der Waals surface area contributed by atoms with Crippen molar-refractivity contribution < 1.29 is 4.79 Å². The molecule has 0 fully saturated rings. The number of thiocarbonyl (C=S) groups is 1. The van der Waals surface area contributed by atoms with Crippen LogP contribution in [0.3, 0.4) is 0 Å². The summed E-state index contributed by atoms with van der Waals surface area (Å²) in [4.78, 5) is 12.9. The van der Waals surface area contributed by atoms with Gasteiger partial charge in [0.25, 0.3) is 5.91 Å². The van der Waals surface area contributed by atoms with E-state index >= 15 is 0 Å². The average Bonchev–Trinajstić information content (AvgIpc) is 2.66. The molecule has 1 heterocycles. The number of carbonyl (C=O) groups excluding carboxylic acids is 1. The first kappa shape index (κ1) is 17.6. The van der Waals surface area contributed by atoms with E-state index in [1.165, 1.54) is 0 Å². The highest BCUT2D eigenvalue weighted by atomic mass is 32.1. The Labute approximate surface area is 157 Å². The van der Waals surface area contributed by atoms with Gasteiger partial charge in [-0.2, -0.15) is 5.26 Å². The molecular weight excluding hydrogens is 344 g/mol. The Balaban J connectivity index is 1.85. The molecule has 0 bridgehead atoms. The lowest BCUT2D eigenvalue weighted by Gasteiger charge is -2.30. The third kappa shape index (κ3) is 3.90. The zero-order valence-electron chi connectivity index (χ0n) is 14.2. The molecule has 0 saturated carbocycles. The largest absolute Gasteiger partial charge is 0.351 e. The van der Waals surface area contributed by atoms with E-state index < -0.39 is 0 Å². The van der Waals surface area contributed by atoms with Gasteiger partial charge in [-0.3, -0.25) is 4.79 Å². The molecule has 26 heavy (non-hydrogen) atoms. The zero-order valence-corrected chi connectivity index (χ0v) is 15.1. The molecule has 5 nitrogen and oxygen atoms in total. The van der Waals surface area contributed by atoms with Crippen LogP contribution < -0.4 is 16.0 Å². The van der Waals surface area contributed by atoms with E-state index in [0.29, 0.717) is 28.5 Å². The first-order valence-electron chi connectivity index (χ1n) is 8.19. The Kier molecular flexibility index (Phi) is 5.30. The molecule has 0 aromatic heterocycles. The Hall–Kier alpha value is -3.17. The fourth-order valence-electron chi connectivity index (χ4n) is 2.87. The normalized spacial score (nSPS) is 16.3. The molecule has 1 aliphatic heterocycles. The second kappa shape index (κ2) is 7.81. The van der Waals surface area contributed by atoms with Gasteiger partial charge >= 0.3 is 0 Å². The Bertz CT molecular complexity index is 898. The molecule has 0 saturated heterocycles. The molecule has 2 aromatic rings. The van der Waals surface area contributed by atoms with Crippen LogP contribution in [0.2, 0.25) is 0 Å². The summed E-state index contributed by atoms with van der Waals surface area (Å²) in [6.07, 6.45) is 0. The third-order valence-corrected chi connectivity index (χ3v) is 4.40. The lowest BCUT2D eigenvalue weighted by atomic mass is 9.94. The quantitative estimate of drug-likeness (QED) is 0.729. The maximum Gasteiger partial charge on any atom is 0.251 e. The lowest BCUT2D eigenvalue weighted by Crippen LogP contribution is -2.46. The van der Waals surface area contributed by atoms with Crippen molar-refractivity contribution >= 4 is 23.2 Å². The molecule has 0 unspecified atom stereocenters. The number of benzene rings is 2. The van der Waals surface area contributed by atoms with E-state index in [0.717, 1.165) is 11.1 Å². The molecule has 0 aliphatic carbocycles. The van der Waals surface area contributed by atoms with Crippen LogP contribution in [0.1, 0.15) is 29.7 Å². The summed E-state index contributed by atoms with van der Waals surface area (Å²) in [7, 11) is 0. The van der Waals surface area contributed by atoms with E-state index in [1.54, 1.807) is 12.1 Å². The van der Waals surface area contributed by atoms with Crippen LogP contribution in [0.25, 0.3) is 0 Å². The predicted molar refractivity (Wildman–Crippen MR) is 104 cm³/mol. The summed E-state index contributed by atoms with van der Waals surface area (Å²) < 4.78 is 0. The van der Waals surface area contributed by atoms with Crippen molar-refractivity contribution in [2.24, 2.45) is 0 Å². The van der Waals surface area contributed by atoms with Crippen molar-refractivity contribution in [2.45, 2.75) is 19.5 Å². The third-order valence-electron chi connectivity index (χ3n) is 4.18. The van der Waals surface area contributed by atoms with Crippen LogP contribution in [0, 0.1) is 11.3 Å². The second-order valence-electron chi connectivity index (χ2n) is 5.97. The molecule has 2 aromatic carbocycles. The molecule has 0 radical (unpaired) electrons. The van der Waals surface area contributed by atoms with Crippen LogP contribution in [0.5, 0.6) is 0 Å². The van der Waals surface area contributed by atoms with Crippen molar-refractivity contribution in [3.63, 3.8) is 0 Å². The maximum absolute atomic E-state index is 12.9. The van der Waals surface area contributed by atoms with Crippen LogP contribution in [0.4, 0.5) is 0 Å². The van der Waals surface area contributed by atoms with Crippen molar-refractivity contribution in [1.29, 1.82) is 5.26 Å². The highest BCUT2D eigenvalue weighted by Crippen LogP contribution is 2.27. The minimum Gasteiger partial charge on any atom is -0.351 e. The minimum atomic E-state index is -0.368. The molecular formula is C20H18N4OS. The number of hydrogen-bond acceptors (Lipinski definition) is 3. The Morgan fingerprint density at radius 2 is 1.88 bits per heavy atom. The van der Waals surface area contributed by atoms with Gasteiger partial charge in [0.05, 0.1) is 23.2 Å². The van der Waals surface area contributed by atoms with Crippen molar-refractivity contribution in [3.05, 3.63) is 82.6 Å². The average molecular weight is 362 g/mol. The van der Waals surface area contributed by atoms with Crippen LogP contribution in [0.15, 0.2) is 65.9 Å². The first-order chi connectivity index (χ1) is 12.6. The lowest BCUT2D eigenvalue weighted by molar-refractivity contribution is -0.118. The minimum absolute atomic E-state index is 0.164. The Morgan fingerprint density at radius 1 is 1.19 bits per heavy atom. The highest BCUT2D eigenvalue weighted by molar-refractivity contribution is 7.80. The van der Waals surface area contributed by atoms with Gasteiger partial charge in [-0.25, -0.2) is 0 Å². The standard InChI is InChI=1S/C20H18N4OS/c1-13-17(19(25)22-12-15-5-3-2-4-6-15)18(24-20(26)23-13)16-9-7-14(11-21)8-10-16/h2-10,18H,12H2,1H3,(H,22,25)(H2,23,24,26)/t18-/m0/s1. The number of nitrogens with one attached hydrogen (secondary N) is 3. The fourth-order valence-corrected chi connectivity index (χ4v) is 3.14. The predicted octanol–water partition coefficient (Wildman–Crippen LogP) is 2.67. The molecule has 6 heteroatoms. The van der Waals surface area contributed by atoms with Gasteiger partial charge in [0, 0.05) is 12.2 Å². The first-order valence-corrected chi connectivity index (χ1v) is 8.60. The summed E-state index contributed by atoms with van der Waals surface area (Å²) >= 11 is 5.25. The summed E-state index contributed by atoms with van der Waals surface area (Å²) in [6.45, 7) is 2.28. The van der Waals surface area contributed by atoms with Gasteiger partial charge in [-0.1, -0.05) is 42.5 Å². The topological polar surface area (TPSA) is 77.0 Å². The van der Waals surface area contributed by atoms with Crippen molar-refractivity contribution in [3.8, 4) is 6.07 Å². The monoisotopic (exact) mass is 362 g/mol. The number of nitrogens with zero attached hydrogens (tertiary/aromatic N) is 1. The van der Waals surface area contributed by atoms with Gasteiger partial charge in [0.1, 0.15) is 0 Å². The van der Waals surface area contributed by atoms with Crippen molar-refractivity contribution in [2.75, 3.05) is 0 Å². The second-order valence-corrected chi connectivity index (χ2v) is 6.38. The van der Waals surface area contributed by atoms with Gasteiger partial charge in [-0.05, 0) is 42.4 Å². The van der Waals surface area contributed by atoms with Gasteiger partial charge in [0.2, 0.25) is 0 Å². The number of amides is 1. The van der Waals surface area contributed by atoms with Gasteiger partial charge in [-0.15, -0.1) is 0 Å². The van der Waals surface area contributed by atoms with E-state index in [9.17, 15) is 4.79 Å². The molecule has 1 atom stereocenters. The SMILES string of the molecule is CC1=C(C(=O)NCc2ccccc2)[C@H](c2ccc(C#N)cc2)NC(=S)N1. The number of allylic oxidation sites excluding steroid dienone is 1. The van der Waals surface area contributed by atoms with Gasteiger partial charge in [0.15, 0.2) is 5.11 Å². The molecule has 1 aliphatic rings. The molecule has 1 amide bonds. The molecule has 0 spiro atoms. The zero-order chi connectivity index (χ0) is 18.5. The van der Waals surface area contributed by atoms with E-state index in [2.05, 4.69) is 22.0 Å². The van der Waals surface area contributed by atoms with Crippen molar-refractivity contribution in [1.82, 2.24) is 16.0 Å². The summed E-state index contributed by atoms with van der Waals surface area (Å²) in [5.74, 6) is -0.164. The van der Waals surface area contributed by atoms with E-state index in [1.807, 2.05) is 49.4 Å². The smallest absolute Gasteiger partial charge is 0.251 e. The number of hydrogen-bond donors (Lipinski definition) is 3. The summed E-state index contributed by atoms with van der Waals surface area (Å²) in [5.41, 5.74) is 3.77. The molecule has 3 rings (SSSR count). The van der Waals surface area contributed by atoms with Crippen LogP contribution >= 0.6 is 12.2 Å². The molecule has 3 N–H and O–H groups in total. The van der Waals surface area contributed by atoms with Crippen LogP contribution in [-0.4, -0.2) is 11.0 Å². The Morgan fingerprint density at radius 3 is 2.54 bits per heavy atom. The number of rotatable bonds is 4.